The molecule has 2 aliphatic rings. The maximum atomic E-state index is 13.5. The summed E-state index contributed by atoms with van der Waals surface area (Å²) < 4.78 is 6.97. The average molecular weight is 476 g/mol. The highest BCUT2D eigenvalue weighted by atomic mass is 16.5. The van der Waals surface area contributed by atoms with Gasteiger partial charge in [-0.05, 0) is 30.2 Å². The molecule has 2 amide bonds. The topological polar surface area (TPSA) is 105 Å². The fourth-order valence-electron chi connectivity index (χ4n) is 4.65. The van der Waals surface area contributed by atoms with Crippen LogP contribution in [0.5, 0.6) is 0 Å². The Morgan fingerprint density at radius 1 is 1.14 bits per heavy atom. The molecule has 5 rings (SSSR count). The summed E-state index contributed by atoms with van der Waals surface area (Å²) in [7, 11) is 1.73. The Kier molecular flexibility index (Phi) is 6.82. The summed E-state index contributed by atoms with van der Waals surface area (Å²) in [5.41, 5.74) is 2.43. The highest BCUT2D eigenvalue weighted by Crippen LogP contribution is 2.30. The molecule has 2 aromatic heterocycles. The van der Waals surface area contributed by atoms with Crippen molar-refractivity contribution in [3.63, 3.8) is 0 Å². The Morgan fingerprint density at radius 2 is 2.00 bits per heavy atom. The number of ether oxygens (including phenoxy) is 1. The van der Waals surface area contributed by atoms with Gasteiger partial charge in [0.25, 0.3) is 5.91 Å². The van der Waals surface area contributed by atoms with Gasteiger partial charge >= 0.3 is 0 Å². The summed E-state index contributed by atoms with van der Waals surface area (Å²) in [5, 5.41) is 7.32. The van der Waals surface area contributed by atoms with Crippen molar-refractivity contribution in [2.75, 3.05) is 37.7 Å². The van der Waals surface area contributed by atoms with Crippen molar-refractivity contribution in [2.24, 2.45) is 13.0 Å². The van der Waals surface area contributed by atoms with Crippen LogP contribution in [0.4, 0.5) is 5.69 Å². The van der Waals surface area contributed by atoms with Gasteiger partial charge in [-0.1, -0.05) is 24.3 Å². The molecule has 2 aliphatic heterocycles. The van der Waals surface area contributed by atoms with Crippen LogP contribution < -0.4 is 10.2 Å². The van der Waals surface area contributed by atoms with Crippen LogP contribution in [0.3, 0.4) is 0 Å². The number of para-hydroxylation sites is 1. The standard InChI is InChI=1S/C25H29N7O3/c1-30-17-28-23(29-30)25(34)32-12-11-31(15-19-6-2-3-8-21(19)32)22(20-7-4-5-10-26-20)24(33)27-14-18-9-13-35-16-18/h2-8,10,17-18,22H,9,11-16H2,1H3,(H,27,33). The van der Waals surface area contributed by atoms with E-state index >= 15 is 0 Å². The number of anilines is 1. The molecule has 2 atom stereocenters. The molecule has 1 fully saturated rings. The molecule has 35 heavy (non-hydrogen) atoms. The first kappa shape index (κ1) is 23.1. The second-order valence-electron chi connectivity index (χ2n) is 8.93. The number of aryl methyl sites for hydroxylation is 1. The fourth-order valence-corrected chi connectivity index (χ4v) is 4.65. The summed E-state index contributed by atoms with van der Waals surface area (Å²) >= 11 is 0. The lowest BCUT2D eigenvalue weighted by molar-refractivity contribution is -0.127. The van der Waals surface area contributed by atoms with E-state index < -0.39 is 6.04 Å². The van der Waals surface area contributed by atoms with Crippen molar-refractivity contribution in [3.8, 4) is 0 Å². The highest BCUT2D eigenvalue weighted by molar-refractivity contribution is 6.04. The number of amides is 2. The van der Waals surface area contributed by atoms with Crippen molar-refractivity contribution in [3.05, 3.63) is 72.1 Å². The van der Waals surface area contributed by atoms with Crippen LogP contribution in [-0.2, 0) is 23.1 Å². The fraction of sp³-hybridized carbons (Fsp3) is 0.400. The SMILES string of the molecule is Cn1cnc(C(=O)N2CCN(C(C(=O)NCC3CCOC3)c3ccccn3)Cc3ccccc32)n1. The Balaban J connectivity index is 1.43. The van der Waals surface area contributed by atoms with E-state index in [-0.39, 0.29) is 17.6 Å². The lowest BCUT2D eigenvalue weighted by Crippen LogP contribution is -2.44. The van der Waals surface area contributed by atoms with Crippen LogP contribution in [0.2, 0.25) is 0 Å². The Labute approximate surface area is 203 Å². The number of hydrogen-bond donors (Lipinski definition) is 1. The second-order valence-corrected chi connectivity index (χ2v) is 8.93. The molecule has 0 saturated carbocycles. The molecule has 10 heteroatoms. The second kappa shape index (κ2) is 10.3. The monoisotopic (exact) mass is 475 g/mol. The minimum absolute atomic E-state index is 0.0979. The van der Waals surface area contributed by atoms with Crippen LogP contribution in [0.25, 0.3) is 0 Å². The zero-order valence-electron chi connectivity index (χ0n) is 19.7. The zero-order valence-corrected chi connectivity index (χ0v) is 19.7. The Bertz CT molecular complexity index is 1180. The van der Waals surface area contributed by atoms with Crippen LogP contribution in [0, 0.1) is 5.92 Å². The van der Waals surface area contributed by atoms with Gasteiger partial charge in [0, 0.05) is 57.6 Å². The molecule has 3 aromatic rings. The number of aromatic nitrogens is 4. The molecule has 0 bridgehead atoms. The van der Waals surface area contributed by atoms with E-state index in [2.05, 4.69) is 25.3 Å². The number of hydrogen-bond acceptors (Lipinski definition) is 7. The predicted molar refractivity (Wildman–Crippen MR) is 128 cm³/mol. The van der Waals surface area contributed by atoms with Gasteiger partial charge in [-0.25, -0.2) is 4.98 Å². The van der Waals surface area contributed by atoms with Crippen LogP contribution in [-0.4, -0.2) is 69.3 Å². The van der Waals surface area contributed by atoms with Gasteiger partial charge in [-0.15, -0.1) is 5.10 Å². The maximum Gasteiger partial charge on any atom is 0.297 e. The third-order valence-corrected chi connectivity index (χ3v) is 6.47. The van der Waals surface area contributed by atoms with Gasteiger partial charge in [-0.3, -0.25) is 24.2 Å². The van der Waals surface area contributed by atoms with Crippen molar-refractivity contribution in [2.45, 2.75) is 19.0 Å². The number of benzene rings is 1. The van der Waals surface area contributed by atoms with Crippen LogP contribution in [0.15, 0.2) is 55.0 Å². The summed E-state index contributed by atoms with van der Waals surface area (Å²) in [5.74, 6) is 0.111. The summed E-state index contributed by atoms with van der Waals surface area (Å²) in [4.78, 5) is 39.3. The highest BCUT2D eigenvalue weighted by Gasteiger charge is 2.34. The first-order chi connectivity index (χ1) is 17.1. The van der Waals surface area contributed by atoms with Gasteiger partial charge in [0.05, 0.1) is 12.3 Å². The van der Waals surface area contributed by atoms with E-state index in [1.165, 1.54) is 11.0 Å². The molecule has 4 heterocycles. The molecule has 1 aromatic carbocycles. The quantitative estimate of drug-likeness (QED) is 0.577. The lowest BCUT2D eigenvalue weighted by Gasteiger charge is -2.29. The van der Waals surface area contributed by atoms with Gasteiger partial charge in [0.15, 0.2) is 0 Å². The number of nitrogens with one attached hydrogen (secondary N) is 1. The number of carbonyl (C=O) groups excluding carboxylic acids is 2. The number of nitrogens with zero attached hydrogens (tertiary/aromatic N) is 6. The molecule has 1 saturated heterocycles. The molecule has 2 unspecified atom stereocenters. The molecule has 182 valence electrons. The summed E-state index contributed by atoms with van der Waals surface area (Å²) in [6.45, 7) is 3.35. The molecular weight excluding hydrogens is 446 g/mol. The normalized spacial score (nSPS) is 19.1. The van der Waals surface area contributed by atoms with Gasteiger partial charge < -0.3 is 15.0 Å². The summed E-state index contributed by atoms with van der Waals surface area (Å²) in [6.07, 6.45) is 4.17. The molecule has 0 radical (unpaired) electrons. The van der Waals surface area contributed by atoms with Crippen LogP contribution >= 0.6 is 0 Å². The van der Waals surface area contributed by atoms with E-state index in [1.54, 1.807) is 18.1 Å². The van der Waals surface area contributed by atoms with Gasteiger partial charge in [0.2, 0.25) is 11.7 Å². The molecular formula is C25H29N7O3. The number of carbonyl (C=O) groups is 2. The summed E-state index contributed by atoms with van der Waals surface area (Å²) in [6, 6.07) is 12.8. The molecule has 1 N–H and O–H groups in total. The Hall–Kier alpha value is -3.63. The number of rotatable bonds is 6. The van der Waals surface area contributed by atoms with E-state index in [0.717, 1.165) is 24.3 Å². The Morgan fingerprint density at radius 3 is 2.74 bits per heavy atom. The maximum absolute atomic E-state index is 13.5. The zero-order chi connectivity index (χ0) is 24.2. The van der Waals surface area contributed by atoms with E-state index in [9.17, 15) is 9.59 Å². The van der Waals surface area contributed by atoms with Gasteiger partial charge in [0.1, 0.15) is 12.4 Å². The van der Waals surface area contributed by atoms with E-state index in [1.807, 2.05) is 42.5 Å². The van der Waals surface area contributed by atoms with Crippen molar-refractivity contribution in [1.29, 1.82) is 0 Å². The molecule has 0 aliphatic carbocycles. The average Bonchev–Trinajstić information content (AvgIpc) is 3.52. The van der Waals surface area contributed by atoms with Crippen molar-refractivity contribution in [1.82, 2.24) is 30.0 Å². The largest absolute Gasteiger partial charge is 0.381 e. The lowest BCUT2D eigenvalue weighted by atomic mass is 10.1. The smallest absolute Gasteiger partial charge is 0.297 e. The van der Waals surface area contributed by atoms with Crippen LogP contribution in [0.1, 0.15) is 34.3 Å². The molecule has 10 nitrogen and oxygen atoms in total. The number of fused-ring (bicyclic) bond motifs is 1. The third kappa shape index (κ3) is 5.08. The van der Waals surface area contributed by atoms with Crippen molar-refractivity contribution >= 4 is 17.5 Å². The van der Waals surface area contributed by atoms with Gasteiger partial charge in [-0.2, -0.15) is 0 Å². The minimum atomic E-state index is -0.588. The van der Waals surface area contributed by atoms with E-state index in [0.29, 0.717) is 44.4 Å². The van der Waals surface area contributed by atoms with E-state index in [4.69, 9.17) is 4.74 Å². The first-order valence-electron chi connectivity index (χ1n) is 11.9. The first-order valence-corrected chi connectivity index (χ1v) is 11.9. The van der Waals surface area contributed by atoms with Crippen molar-refractivity contribution < 1.29 is 14.3 Å². The minimum Gasteiger partial charge on any atom is -0.381 e. The number of pyridine rings is 1. The third-order valence-electron chi connectivity index (χ3n) is 6.47. The predicted octanol–water partition coefficient (Wildman–Crippen LogP) is 1.57. The molecule has 0 spiro atoms.